The monoisotopic (exact) mass is 836 g/mol. The van der Waals surface area contributed by atoms with Crippen molar-refractivity contribution in [1.29, 1.82) is 0 Å². The van der Waals surface area contributed by atoms with E-state index in [-0.39, 0.29) is 0 Å². The van der Waals surface area contributed by atoms with Crippen molar-refractivity contribution in [2.45, 2.75) is 12.8 Å². The van der Waals surface area contributed by atoms with Crippen LogP contribution in [0.4, 0.5) is 17.1 Å². The van der Waals surface area contributed by atoms with Gasteiger partial charge in [-0.25, -0.2) is 0 Å². The maximum atomic E-state index is 6.30. The van der Waals surface area contributed by atoms with Crippen LogP contribution in [0.5, 0.6) is 0 Å². The summed E-state index contributed by atoms with van der Waals surface area (Å²) in [7, 11) is -2.72. The lowest BCUT2D eigenvalue weighted by atomic mass is 10.0. The summed E-state index contributed by atoms with van der Waals surface area (Å²) in [5, 5.41) is 12.6. The van der Waals surface area contributed by atoms with Crippen LogP contribution in [-0.2, 0) is 0 Å². The van der Waals surface area contributed by atoms with Crippen molar-refractivity contribution in [1.82, 2.24) is 4.40 Å². The molecule has 3 heterocycles. The quantitative estimate of drug-likeness (QED) is 0.0735. The van der Waals surface area contributed by atoms with Gasteiger partial charge in [0.1, 0.15) is 11.2 Å². The Morgan fingerprint density at radius 2 is 1.02 bits per heavy atom. The third-order valence-electron chi connectivity index (χ3n) is 13.5. The molecule has 0 fully saturated rings. The number of hydrogen-bond acceptors (Lipinski definition) is 2. The van der Waals surface area contributed by atoms with Crippen LogP contribution in [0, 0.1) is 0 Å². The molecule has 0 N–H and O–H groups in total. The summed E-state index contributed by atoms with van der Waals surface area (Å²) < 4.78 is 8.74. The van der Waals surface area contributed by atoms with E-state index < -0.39 is 8.07 Å². The third kappa shape index (κ3) is 5.80. The molecule has 0 unspecified atom stereocenters. The molecule has 0 atom stereocenters. The second-order valence-electron chi connectivity index (χ2n) is 16.9. The molecule has 12 aromatic rings. The highest BCUT2D eigenvalue weighted by atomic mass is 28.3. The van der Waals surface area contributed by atoms with Crippen LogP contribution in [0.25, 0.3) is 71.2 Å². The van der Waals surface area contributed by atoms with Gasteiger partial charge in [-0.15, -0.1) is 13.2 Å². The summed E-state index contributed by atoms with van der Waals surface area (Å²) in [6, 6.07) is 77.7. The van der Waals surface area contributed by atoms with Gasteiger partial charge in [0.25, 0.3) is 0 Å². The zero-order chi connectivity index (χ0) is 42.8. The van der Waals surface area contributed by atoms with E-state index in [1.807, 2.05) is 18.2 Å². The lowest BCUT2D eigenvalue weighted by molar-refractivity contribution is 0.669. The molecule has 0 saturated carbocycles. The minimum atomic E-state index is -2.72. The smallest absolute Gasteiger partial charge is 0.175 e. The SMILES string of the molecule is C=CCCC(=C)[Si](c1ccccc1)(c1ccccc1)c1ccc(N(c2ccc(-c3ccc4c(c3)oc3ccccc34)cc2)c2ccc3c(c2)c2cccc4c5ccccc5n3c42)cc1. The Balaban J connectivity index is 1.02. The highest BCUT2D eigenvalue weighted by Gasteiger charge is 2.41. The van der Waals surface area contributed by atoms with Gasteiger partial charge < -0.3 is 13.7 Å². The molecule has 9 aromatic carbocycles. The summed E-state index contributed by atoms with van der Waals surface area (Å²) in [6.45, 7) is 8.97. The fraction of sp³-hybridized carbons (Fsp3) is 0.0333. The molecule has 3 aromatic heterocycles. The van der Waals surface area contributed by atoms with Gasteiger partial charge in [0, 0.05) is 49.4 Å². The summed E-state index contributed by atoms with van der Waals surface area (Å²) >= 11 is 0. The summed E-state index contributed by atoms with van der Waals surface area (Å²) in [4.78, 5) is 2.41. The molecular formula is C60H44N2OSi. The number of aromatic nitrogens is 1. The van der Waals surface area contributed by atoms with Gasteiger partial charge in [-0.3, -0.25) is 0 Å². The molecule has 0 spiro atoms. The molecule has 0 amide bonds. The number of allylic oxidation sites excluding steroid dienone is 2. The van der Waals surface area contributed by atoms with Gasteiger partial charge in [-0.2, -0.15) is 0 Å². The lowest BCUT2D eigenvalue weighted by Gasteiger charge is -2.36. The molecular weight excluding hydrogens is 793 g/mol. The van der Waals surface area contributed by atoms with Crippen LogP contribution in [0.3, 0.4) is 0 Å². The maximum Gasteiger partial charge on any atom is 0.175 e. The summed E-state index contributed by atoms with van der Waals surface area (Å²) in [5.74, 6) is 0. The Kier molecular flexibility index (Phi) is 8.96. The van der Waals surface area contributed by atoms with E-state index in [4.69, 9.17) is 11.0 Å². The lowest BCUT2D eigenvalue weighted by Crippen LogP contribution is -2.68. The van der Waals surface area contributed by atoms with Crippen LogP contribution >= 0.6 is 0 Å². The van der Waals surface area contributed by atoms with Crippen molar-refractivity contribution in [3.05, 3.63) is 237 Å². The maximum absolute atomic E-state index is 6.30. The van der Waals surface area contributed by atoms with Crippen LogP contribution in [0.15, 0.2) is 241 Å². The molecule has 304 valence electrons. The van der Waals surface area contributed by atoms with Crippen molar-refractivity contribution in [2.75, 3.05) is 4.90 Å². The summed E-state index contributed by atoms with van der Waals surface area (Å²) in [5.41, 5.74) is 11.0. The highest BCUT2D eigenvalue weighted by Crippen LogP contribution is 2.43. The predicted octanol–water partition coefficient (Wildman–Crippen LogP) is 14.4. The van der Waals surface area contributed by atoms with Crippen LogP contribution in [-0.4, -0.2) is 12.5 Å². The van der Waals surface area contributed by atoms with E-state index in [1.165, 1.54) is 58.9 Å². The highest BCUT2D eigenvalue weighted by molar-refractivity contribution is 7.16. The number of hydrogen-bond donors (Lipinski definition) is 0. The van der Waals surface area contributed by atoms with Gasteiger partial charge in [0.2, 0.25) is 0 Å². The first-order valence-electron chi connectivity index (χ1n) is 22.1. The van der Waals surface area contributed by atoms with Crippen molar-refractivity contribution in [3.63, 3.8) is 0 Å². The fourth-order valence-corrected chi connectivity index (χ4v) is 15.3. The predicted molar refractivity (Wildman–Crippen MR) is 275 cm³/mol. The first kappa shape index (κ1) is 37.8. The Morgan fingerprint density at radius 3 is 1.73 bits per heavy atom. The van der Waals surface area contributed by atoms with Crippen molar-refractivity contribution >= 4 is 101 Å². The second-order valence-corrected chi connectivity index (χ2v) is 20.8. The van der Waals surface area contributed by atoms with Crippen LogP contribution < -0.4 is 20.5 Å². The molecule has 0 aliphatic rings. The minimum absolute atomic E-state index is 0.878. The average Bonchev–Trinajstić information content (AvgIpc) is 4.02. The minimum Gasteiger partial charge on any atom is -0.456 e. The molecule has 0 aliphatic heterocycles. The Labute approximate surface area is 373 Å². The van der Waals surface area contributed by atoms with Gasteiger partial charge in [0.15, 0.2) is 8.07 Å². The Hall–Kier alpha value is -7.92. The number of furan rings is 1. The first-order chi connectivity index (χ1) is 31.6. The van der Waals surface area contributed by atoms with Crippen molar-refractivity contribution in [2.24, 2.45) is 0 Å². The number of anilines is 3. The number of fused-ring (bicyclic) bond motifs is 9. The fourth-order valence-electron chi connectivity index (χ4n) is 10.5. The molecule has 4 heteroatoms. The number of para-hydroxylation sites is 3. The van der Waals surface area contributed by atoms with Gasteiger partial charge >= 0.3 is 0 Å². The third-order valence-corrected chi connectivity index (χ3v) is 18.4. The Morgan fingerprint density at radius 1 is 0.469 bits per heavy atom. The van der Waals surface area contributed by atoms with Gasteiger partial charge in [-0.1, -0.05) is 157 Å². The van der Waals surface area contributed by atoms with Crippen LogP contribution in [0.2, 0.25) is 0 Å². The van der Waals surface area contributed by atoms with Gasteiger partial charge in [0.05, 0.1) is 16.6 Å². The standard InChI is InChI=1S/C60H44N2OSi/c1-3-4-16-41(2)64(47-17-7-5-8-18-47,48-19-9-6-10-20-48)49-35-32-45(33-36-49)61(44-30-27-42(28-31-44)43-29-37-52-51-22-12-14-26-58(51)63-59(52)39-43)46-34-38-57-55(40-46)54-24-15-23-53-50-21-11-13-25-56(50)62(57)60(53)54/h3,5-15,17-40H,1-2,4,16H2. The Bertz CT molecular complexity index is 3660. The number of nitrogens with zero attached hydrogens (tertiary/aromatic N) is 2. The second kappa shape index (κ2) is 15.2. The molecule has 0 saturated heterocycles. The normalized spacial score (nSPS) is 12.0. The summed E-state index contributed by atoms with van der Waals surface area (Å²) in [6.07, 6.45) is 3.77. The van der Waals surface area contributed by atoms with E-state index in [2.05, 4.69) is 216 Å². The van der Waals surface area contributed by atoms with Crippen molar-refractivity contribution < 1.29 is 4.42 Å². The van der Waals surface area contributed by atoms with E-state index in [9.17, 15) is 0 Å². The van der Waals surface area contributed by atoms with Gasteiger partial charge in [-0.05, 0) is 106 Å². The van der Waals surface area contributed by atoms with E-state index in [1.54, 1.807) is 0 Å². The molecule has 64 heavy (non-hydrogen) atoms. The van der Waals surface area contributed by atoms with E-state index >= 15 is 0 Å². The first-order valence-corrected chi connectivity index (χ1v) is 24.1. The van der Waals surface area contributed by atoms with E-state index in [0.717, 1.165) is 63.0 Å². The molecule has 0 radical (unpaired) electrons. The number of rotatable bonds is 11. The zero-order valence-electron chi connectivity index (χ0n) is 35.4. The van der Waals surface area contributed by atoms with E-state index in [0.29, 0.717) is 0 Å². The largest absolute Gasteiger partial charge is 0.456 e. The molecule has 0 bridgehead atoms. The van der Waals surface area contributed by atoms with Crippen LogP contribution in [0.1, 0.15) is 12.8 Å². The molecule has 3 nitrogen and oxygen atoms in total. The zero-order valence-corrected chi connectivity index (χ0v) is 36.4. The number of benzene rings is 9. The topological polar surface area (TPSA) is 20.8 Å². The average molecular weight is 837 g/mol. The molecule has 12 rings (SSSR count). The molecule has 0 aliphatic carbocycles. The van der Waals surface area contributed by atoms with Crippen molar-refractivity contribution in [3.8, 4) is 11.1 Å².